The summed E-state index contributed by atoms with van der Waals surface area (Å²) in [6.45, 7) is 2.24. The first-order valence-corrected chi connectivity index (χ1v) is 14.9. The molecule has 0 unspecified atom stereocenters. The Morgan fingerprint density at radius 2 is 1.83 bits per heavy atom. The van der Waals surface area contributed by atoms with Gasteiger partial charge in [0.25, 0.3) is 5.91 Å². The third-order valence-corrected chi connectivity index (χ3v) is 9.59. The van der Waals surface area contributed by atoms with E-state index in [9.17, 15) is 15.0 Å². The molecule has 3 aliphatic rings. The van der Waals surface area contributed by atoms with Gasteiger partial charge in [-0.05, 0) is 62.6 Å². The summed E-state index contributed by atoms with van der Waals surface area (Å²) in [6.07, 6.45) is 2.93. The predicted molar refractivity (Wildman–Crippen MR) is 157 cm³/mol. The number of hydrogen-bond donors (Lipinski definition) is 4. The molecule has 1 aliphatic heterocycles. The third kappa shape index (κ3) is 4.98. The Kier molecular flexibility index (Phi) is 7.54. The van der Waals surface area contributed by atoms with Crippen molar-refractivity contribution in [1.82, 2.24) is 10.6 Å². The van der Waals surface area contributed by atoms with Crippen LogP contribution in [0.15, 0.2) is 42.5 Å². The van der Waals surface area contributed by atoms with Crippen molar-refractivity contribution in [3.63, 3.8) is 0 Å². The average molecular weight is 597 g/mol. The lowest BCUT2D eigenvalue weighted by atomic mass is 9.82. The molecule has 2 atom stereocenters. The average Bonchev–Trinajstić information content (AvgIpc) is 3.54. The van der Waals surface area contributed by atoms with Crippen LogP contribution in [0.3, 0.4) is 0 Å². The Balaban J connectivity index is 1.47. The number of fused-ring (bicyclic) bond motifs is 2. The second kappa shape index (κ2) is 10.9. The Bertz CT molecular complexity index is 1540. The first-order valence-electron chi connectivity index (χ1n) is 14.5. The van der Waals surface area contributed by atoms with Crippen LogP contribution in [0.5, 0.6) is 5.75 Å². The smallest absolute Gasteiger partial charge is 0.251 e. The highest BCUT2D eigenvalue weighted by Crippen LogP contribution is 2.51. The molecule has 1 saturated carbocycles. The summed E-state index contributed by atoms with van der Waals surface area (Å²) in [5.74, 6) is -1.87. The quantitative estimate of drug-likeness (QED) is 0.291. The van der Waals surface area contributed by atoms with Crippen LogP contribution in [0, 0.1) is 11.6 Å². The van der Waals surface area contributed by atoms with E-state index in [0.29, 0.717) is 43.4 Å². The van der Waals surface area contributed by atoms with Crippen molar-refractivity contribution in [3.05, 3.63) is 86.9 Å². The van der Waals surface area contributed by atoms with Gasteiger partial charge in [-0.15, -0.1) is 0 Å². The second-order valence-electron chi connectivity index (χ2n) is 12.1. The zero-order chi connectivity index (χ0) is 29.8. The number of carbonyl (C=O) groups excluding carboxylic acids is 1. The largest absolute Gasteiger partial charge is 0.480 e. The van der Waals surface area contributed by atoms with Crippen LogP contribution in [0.1, 0.15) is 77.7 Å². The summed E-state index contributed by atoms with van der Waals surface area (Å²) < 4.78 is 38.5. The fourth-order valence-electron chi connectivity index (χ4n) is 6.84. The standard InChI is InChI=1S/C33H35ClF2N2O4/c1-32(41)12-10-20(11-13-32)38-17-33(19-6-4-3-5-7-19)16-22-25(42-33)15-23(35)29(34)27(22)28-21(31(40)37-2)14-18-8-9-24(39)26(18)30(28)36/h3-7,14-15,20,24,38-39,41H,8-13,16-17H2,1-2H3,(H,37,40)/t20-,24-,32-,33-/m1/s1. The molecule has 222 valence electrons. The van der Waals surface area contributed by atoms with Gasteiger partial charge in [-0.25, -0.2) is 8.78 Å². The number of nitrogens with one attached hydrogen (secondary N) is 2. The summed E-state index contributed by atoms with van der Waals surface area (Å²) in [7, 11) is 1.45. The molecule has 6 nitrogen and oxygen atoms in total. The van der Waals surface area contributed by atoms with E-state index in [1.165, 1.54) is 13.1 Å². The Morgan fingerprint density at radius 1 is 1.12 bits per heavy atom. The van der Waals surface area contributed by atoms with Crippen molar-refractivity contribution in [2.24, 2.45) is 0 Å². The maximum absolute atomic E-state index is 16.4. The minimum atomic E-state index is -1.03. The molecule has 1 fully saturated rings. The molecular formula is C33H35ClF2N2O4. The lowest BCUT2D eigenvalue weighted by molar-refractivity contribution is 0.0104. The Morgan fingerprint density at radius 3 is 2.52 bits per heavy atom. The Hall–Kier alpha value is -3.04. The first kappa shape index (κ1) is 29.1. The van der Waals surface area contributed by atoms with Crippen LogP contribution in [0.25, 0.3) is 11.1 Å². The molecule has 3 aromatic carbocycles. The zero-order valence-corrected chi connectivity index (χ0v) is 24.5. The molecule has 0 radical (unpaired) electrons. The van der Waals surface area contributed by atoms with E-state index in [4.69, 9.17) is 16.3 Å². The molecule has 9 heteroatoms. The number of aliphatic hydroxyl groups is 2. The van der Waals surface area contributed by atoms with Gasteiger partial charge in [-0.1, -0.05) is 41.9 Å². The van der Waals surface area contributed by atoms with E-state index in [2.05, 4.69) is 10.6 Å². The van der Waals surface area contributed by atoms with E-state index in [-0.39, 0.29) is 45.5 Å². The van der Waals surface area contributed by atoms with Crippen molar-refractivity contribution in [2.45, 2.75) is 75.2 Å². The zero-order valence-electron chi connectivity index (χ0n) is 23.7. The number of amides is 1. The maximum Gasteiger partial charge on any atom is 0.251 e. The SMILES string of the molecule is CNC(=O)c1cc2c(c(F)c1-c1c(Cl)c(F)cc3c1C[C@@](CN[C@H]1CC[C@](C)(O)CC1)(c1ccccc1)O3)[C@H](O)CC2. The molecule has 4 N–H and O–H groups in total. The molecule has 42 heavy (non-hydrogen) atoms. The number of carbonyl (C=O) groups is 1. The summed E-state index contributed by atoms with van der Waals surface area (Å²) in [4.78, 5) is 13.1. The molecule has 1 amide bonds. The highest BCUT2D eigenvalue weighted by atomic mass is 35.5. The number of aliphatic hydroxyl groups excluding tert-OH is 1. The molecule has 3 aromatic rings. The van der Waals surface area contributed by atoms with Gasteiger partial charge in [-0.2, -0.15) is 0 Å². The number of ether oxygens (including phenoxy) is 1. The lowest BCUT2D eigenvalue weighted by Crippen LogP contribution is -2.48. The van der Waals surface area contributed by atoms with Crippen LogP contribution in [-0.2, 0) is 18.4 Å². The number of halogens is 3. The maximum atomic E-state index is 16.4. The van der Waals surface area contributed by atoms with Crippen molar-refractivity contribution in [3.8, 4) is 16.9 Å². The summed E-state index contributed by atoms with van der Waals surface area (Å²) in [5, 5.41) is 26.9. The third-order valence-electron chi connectivity index (χ3n) is 9.22. The molecule has 0 aromatic heterocycles. The highest BCUT2D eigenvalue weighted by Gasteiger charge is 2.45. The van der Waals surface area contributed by atoms with Crippen molar-refractivity contribution in [1.29, 1.82) is 0 Å². The van der Waals surface area contributed by atoms with Gasteiger partial charge in [0, 0.05) is 54.4 Å². The highest BCUT2D eigenvalue weighted by molar-refractivity contribution is 6.34. The molecule has 1 heterocycles. The fourth-order valence-corrected chi connectivity index (χ4v) is 7.10. The fraction of sp³-hybridized carbons (Fsp3) is 0.424. The number of benzene rings is 3. The van der Waals surface area contributed by atoms with Crippen molar-refractivity contribution in [2.75, 3.05) is 13.6 Å². The van der Waals surface area contributed by atoms with Gasteiger partial charge in [0.1, 0.15) is 17.4 Å². The van der Waals surface area contributed by atoms with Crippen LogP contribution in [0.2, 0.25) is 5.02 Å². The first-order chi connectivity index (χ1) is 20.0. The molecular weight excluding hydrogens is 562 g/mol. The van der Waals surface area contributed by atoms with E-state index in [1.807, 2.05) is 37.3 Å². The summed E-state index contributed by atoms with van der Waals surface area (Å²) in [5.41, 5.74) is 0.351. The Labute approximate surface area is 249 Å². The normalized spacial score (nSPS) is 26.5. The molecule has 0 spiro atoms. The molecule has 0 bridgehead atoms. The van der Waals surface area contributed by atoms with Crippen LogP contribution in [-0.4, -0.2) is 41.4 Å². The van der Waals surface area contributed by atoms with Crippen LogP contribution in [0.4, 0.5) is 8.78 Å². The minimum Gasteiger partial charge on any atom is -0.480 e. The van der Waals surface area contributed by atoms with Gasteiger partial charge in [-0.3, -0.25) is 4.79 Å². The number of hydrogen-bond acceptors (Lipinski definition) is 5. The molecule has 6 rings (SSSR count). The van der Waals surface area contributed by atoms with E-state index in [1.54, 1.807) is 6.07 Å². The summed E-state index contributed by atoms with van der Waals surface area (Å²) in [6, 6.07) is 12.6. The monoisotopic (exact) mass is 596 g/mol. The summed E-state index contributed by atoms with van der Waals surface area (Å²) >= 11 is 6.62. The van der Waals surface area contributed by atoms with Gasteiger partial charge in [0.05, 0.1) is 22.3 Å². The van der Waals surface area contributed by atoms with E-state index in [0.717, 1.165) is 18.4 Å². The van der Waals surface area contributed by atoms with Gasteiger partial charge >= 0.3 is 0 Å². The number of aryl methyl sites for hydroxylation is 1. The lowest BCUT2D eigenvalue weighted by Gasteiger charge is -2.36. The minimum absolute atomic E-state index is 0.0298. The van der Waals surface area contributed by atoms with Gasteiger partial charge in [0.15, 0.2) is 5.60 Å². The van der Waals surface area contributed by atoms with Crippen molar-refractivity contribution >= 4 is 17.5 Å². The van der Waals surface area contributed by atoms with Gasteiger partial charge in [0.2, 0.25) is 0 Å². The number of rotatable bonds is 6. The van der Waals surface area contributed by atoms with Gasteiger partial charge < -0.3 is 25.6 Å². The second-order valence-corrected chi connectivity index (χ2v) is 12.5. The predicted octanol–water partition coefficient (Wildman–Crippen LogP) is 5.74. The van der Waals surface area contributed by atoms with E-state index < -0.39 is 34.8 Å². The van der Waals surface area contributed by atoms with Crippen molar-refractivity contribution < 1.29 is 28.5 Å². The van der Waals surface area contributed by atoms with Crippen LogP contribution >= 0.6 is 11.6 Å². The van der Waals surface area contributed by atoms with Crippen LogP contribution < -0.4 is 15.4 Å². The topological polar surface area (TPSA) is 90.8 Å². The molecule has 0 saturated heterocycles. The van der Waals surface area contributed by atoms with E-state index >= 15 is 8.78 Å². The molecule has 2 aliphatic carbocycles.